The third kappa shape index (κ3) is 4.54. The predicted octanol–water partition coefficient (Wildman–Crippen LogP) is 0.435. The van der Waals surface area contributed by atoms with Gasteiger partial charge >= 0.3 is 0 Å². The van der Waals surface area contributed by atoms with Crippen molar-refractivity contribution in [1.82, 2.24) is 15.2 Å². The number of nitrogens with zero attached hydrogens (tertiary/aromatic N) is 2. The average molecular weight is 331 g/mol. The smallest absolute Gasteiger partial charge is 0.285 e. The summed E-state index contributed by atoms with van der Waals surface area (Å²) in [6, 6.07) is 2.41. The molecule has 1 fully saturated rings. The SMILES string of the molecule is CC1NCCCC1NC(=O)Cn1cc([N+](=O)[O-])ccc1=O.Cl. The second kappa shape index (κ2) is 7.90. The quantitative estimate of drug-likeness (QED) is 0.615. The summed E-state index contributed by atoms with van der Waals surface area (Å²) in [6.45, 7) is 2.70. The van der Waals surface area contributed by atoms with E-state index in [4.69, 9.17) is 0 Å². The maximum absolute atomic E-state index is 12.0. The average Bonchev–Trinajstić information content (AvgIpc) is 2.43. The zero-order valence-electron chi connectivity index (χ0n) is 12.2. The van der Waals surface area contributed by atoms with Crippen LogP contribution in [0, 0.1) is 10.1 Å². The van der Waals surface area contributed by atoms with Crippen molar-refractivity contribution in [3.05, 3.63) is 38.8 Å². The van der Waals surface area contributed by atoms with Crippen LogP contribution >= 0.6 is 12.4 Å². The van der Waals surface area contributed by atoms with Crippen LogP contribution in [0.25, 0.3) is 0 Å². The summed E-state index contributed by atoms with van der Waals surface area (Å²) in [5.41, 5.74) is -0.652. The van der Waals surface area contributed by atoms with Crippen LogP contribution in [-0.2, 0) is 11.3 Å². The van der Waals surface area contributed by atoms with E-state index >= 15 is 0 Å². The standard InChI is InChI=1S/C13H18N4O4.ClH/c1-9-11(3-2-6-14-9)15-12(18)8-16-7-10(17(20)21)4-5-13(16)19;/h4-5,7,9,11,14H,2-3,6,8H2,1H3,(H,15,18);1H. The van der Waals surface area contributed by atoms with E-state index in [9.17, 15) is 19.7 Å². The summed E-state index contributed by atoms with van der Waals surface area (Å²) in [6.07, 6.45) is 2.94. The van der Waals surface area contributed by atoms with Crippen LogP contribution in [-0.4, -0.2) is 34.0 Å². The van der Waals surface area contributed by atoms with E-state index in [1.54, 1.807) is 0 Å². The van der Waals surface area contributed by atoms with Gasteiger partial charge in [-0.05, 0) is 26.3 Å². The Bertz CT molecular complexity index is 604. The Kier molecular flexibility index (Phi) is 6.51. The number of nitrogens with one attached hydrogen (secondary N) is 2. The number of carbonyl (C=O) groups is 1. The van der Waals surface area contributed by atoms with Gasteiger partial charge in [0.2, 0.25) is 5.91 Å². The molecule has 9 heteroatoms. The van der Waals surface area contributed by atoms with Crippen LogP contribution in [0.3, 0.4) is 0 Å². The molecular weight excluding hydrogens is 312 g/mol. The Morgan fingerprint density at radius 2 is 2.27 bits per heavy atom. The van der Waals surface area contributed by atoms with E-state index in [0.717, 1.165) is 42.3 Å². The Morgan fingerprint density at radius 3 is 2.91 bits per heavy atom. The molecule has 1 aliphatic rings. The van der Waals surface area contributed by atoms with Gasteiger partial charge in [-0.3, -0.25) is 24.3 Å². The molecule has 0 saturated carbocycles. The van der Waals surface area contributed by atoms with Crippen molar-refractivity contribution in [1.29, 1.82) is 0 Å². The highest BCUT2D eigenvalue weighted by molar-refractivity contribution is 5.85. The molecule has 2 N–H and O–H groups in total. The van der Waals surface area contributed by atoms with Gasteiger partial charge in [0.05, 0.1) is 11.1 Å². The number of amides is 1. The summed E-state index contributed by atoms with van der Waals surface area (Å²) in [5.74, 6) is -0.321. The fourth-order valence-electron chi connectivity index (χ4n) is 2.40. The molecule has 1 amide bonds. The molecule has 0 spiro atoms. The summed E-state index contributed by atoms with van der Waals surface area (Å²) in [4.78, 5) is 33.7. The Hall–Kier alpha value is -1.93. The second-order valence-electron chi connectivity index (χ2n) is 5.17. The van der Waals surface area contributed by atoms with E-state index < -0.39 is 10.5 Å². The lowest BCUT2D eigenvalue weighted by Crippen LogP contribution is -2.52. The van der Waals surface area contributed by atoms with Crippen LogP contribution in [0.15, 0.2) is 23.1 Å². The number of hydrogen-bond donors (Lipinski definition) is 2. The highest BCUT2D eigenvalue weighted by Gasteiger charge is 2.22. The van der Waals surface area contributed by atoms with Crippen LogP contribution < -0.4 is 16.2 Å². The normalized spacial score (nSPS) is 20.8. The van der Waals surface area contributed by atoms with Crippen LogP contribution in [0.5, 0.6) is 0 Å². The van der Waals surface area contributed by atoms with Crippen LogP contribution in [0.2, 0.25) is 0 Å². The van der Waals surface area contributed by atoms with Crippen molar-refractivity contribution < 1.29 is 9.72 Å². The second-order valence-corrected chi connectivity index (χ2v) is 5.17. The molecule has 0 bridgehead atoms. The maximum Gasteiger partial charge on any atom is 0.285 e. The molecule has 1 aromatic heterocycles. The summed E-state index contributed by atoms with van der Waals surface area (Å²) < 4.78 is 1.05. The zero-order chi connectivity index (χ0) is 15.4. The lowest BCUT2D eigenvalue weighted by Gasteiger charge is -2.30. The largest absolute Gasteiger partial charge is 0.350 e. The molecule has 122 valence electrons. The predicted molar refractivity (Wildman–Crippen MR) is 83.2 cm³/mol. The molecular formula is C13H19ClN4O4. The first-order valence-corrected chi connectivity index (χ1v) is 6.85. The van der Waals surface area contributed by atoms with E-state index in [1.807, 2.05) is 6.92 Å². The molecule has 8 nitrogen and oxygen atoms in total. The number of rotatable bonds is 4. The first-order valence-electron chi connectivity index (χ1n) is 6.85. The van der Waals surface area contributed by atoms with Crippen molar-refractivity contribution in [2.24, 2.45) is 0 Å². The molecule has 1 aliphatic heterocycles. The summed E-state index contributed by atoms with van der Waals surface area (Å²) in [5, 5.41) is 16.8. The van der Waals surface area contributed by atoms with Gasteiger partial charge in [-0.25, -0.2) is 0 Å². The number of aromatic nitrogens is 1. The first kappa shape index (κ1) is 18.1. The topological polar surface area (TPSA) is 106 Å². The number of pyridine rings is 1. The summed E-state index contributed by atoms with van der Waals surface area (Å²) in [7, 11) is 0. The van der Waals surface area contributed by atoms with Gasteiger partial charge in [-0.2, -0.15) is 0 Å². The number of halogens is 1. The molecule has 2 atom stereocenters. The monoisotopic (exact) mass is 330 g/mol. The minimum Gasteiger partial charge on any atom is -0.350 e. The Labute approximate surface area is 133 Å². The molecule has 0 aromatic carbocycles. The van der Waals surface area contributed by atoms with Crippen molar-refractivity contribution in [2.75, 3.05) is 6.54 Å². The Balaban J connectivity index is 0.00000242. The molecule has 2 unspecified atom stereocenters. The minimum atomic E-state index is -0.596. The van der Waals surface area contributed by atoms with Gasteiger partial charge in [0.25, 0.3) is 11.2 Å². The van der Waals surface area contributed by atoms with Crippen molar-refractivity contribution >= 4 is 24.0 Å². The molecule has 1 aromatic rings. The first-order chi connectivity index (χ1) is 9.97. The molecule has 22 heavy (non-hydrogen) atoms. The van der Waals surface area contributed by atoms with Crippen molar-refractivity contribution in [2.45, 2.75) is 38.4 Å². The van der Waals surface area contributed by atoms with Crippen molar-refractivity contribution in [3.8, 4) is 0 Å². The minimum absolute atomic E-state index is 0. The van der Waals surface area contributed by atoms with Gasteiger partial charge in [-0.15, -0.1) is 12.4 Å². The molecule has 0 aliphatic carbocycles. The number of hydrogen-bond acceptors (Lipinski definition) is 5. The number of piperidine rings is 1. The lowest BCUT2D eigenvalue weighted by atomic mass is 10.00. The third-order valence-corrected chi connectivity index (χ3v) is 3.60. The Morgan fingerprint density at radius 1 is 1.55 bits per heavy atom. The van der Waals surface area contributed by atoms with Crippen LogP contribution in [0.4, 0.5) is 5.69 Å². The fourth-order valence-corrected chi connectivity index (χ4v) is 2.40. The zero-order valence-corrected chi connectivity index (χ0v) is 13.0. The van der Waals surface area contributed by atoms with Gasteiger partial charge in [0.15, 0.2) is 0 Å². The van der Waals surface area contributed by atoms with E-state index in [1.165, 1.54) is 0 Å². The highest BCUT2D eigenvalue weighted by atomic mass is 35.5. The van der Waals surface area contributed by atoms with Gasteiger partial charge < -0.3 is 10.6 Å². The fraction of sp³-hybridized carbons (Fsp3) is 0.538. The number of carbonyl (C=O) groups excluding carboxylic acids is 1. The van der Waals surface area contributed by atoms with E-state index in [0.29, 0.717) is 0 Å². The third-order valence-electron chi connectivity index (χ3n) is 3.60. The van der Waals surface area contributed by atoms with E-state index in [-0.39, 0.29) is 42.6 Å². The molecule has 0 radical (unpaired) electrons. The maximum atomic E-state index is 12.0. The number of nitro groups is 1. The van der Waals surface area contributed by atoms with Crippen LogP contribution in [0.1, 0.15) is 19.8 Å². The summed E-state index contributed by atoms with van der Waals surface area (Å²) >= 11 is 0. The molecule has 2 heterocycles. The van der Waals surface area contributed by atoms with Gasteiger partial charge in [0, 0.05) is 24.2 Å². The molecule has 2 rings (SSSR count). The van der Waals surface area contributed by atoms with Gasteiger partial charge in [-0.1, -0.05) is 0 Å². The molecule has 1 saturated heterocycles. The van der Waals surface area contributed by atoms with E-state index in [2.05, 4.69) is 10.6 Å². The lowest BCUT2D eigenvalue weighted by molar-refractivity contribution is -0.385. The van der Waals surface area contributed by atoms with Crippen molar-refractivity contribution in [3.63, 3.8) is 0 Å². The van der Waals surface area contributed by atoms with Gasteiger partial charge in [0.1, 0.15) is 6.54 Å². The highest BCUT2D eigenvalue weighted by Crippen LogP contribution is 2.09.